The van der Waals surface area contributed by atoms with Crippen LogP contribution in [0.5, 0.6) is 0 Å². The Morgan fingerprint density at radius 1 is 1.58 bits per heavy atom. The quantitative estimate of drug-likeness (QED) is 0.921. The Kier molecular flexibility index (Phi) is 4.06. The van der Waals surface area contributed by atoms with Crippen molar-refractivity contribution in [2.24, 2.45) is 5.41 Å². The summed E-state index contributed by atoms with van der Waals surface area (Å²) in [5.41, 5.74) is 0.486. The molecule has 106 valence electrons. The highest BCUT2D eigenvalue weighted by atomic mass is 79.9. The molecule has 0 radical (unpaired) electrons. The molecule has 1 saturated carbocycles. The third-order valence-electron chi connectivity index (χ3n) is 3.78. The van der Waals surface area contributed by atoms with Crippen LogP contribution in [0.25, 0.3) is 0 Å². The van der Waals surface area contributed by atoms with Crippen LogP contribution in [0, 0.1) is 5.41 Å². The Morgan fingerprint density at radius 2 is 2.26 bits per heavy atom. The van der Waals surface area contributed by atoms with E-state index in [0.717, 1.165) is 6.42 Å². The van der Waals surface area contributed by atoms with Gasteiger partial charge < -0.3 is 14.5 Å². The summed E-state index contributed by atoms with van der Waals surface area (Å²) >= 11 is 3.22. The second-order valence-electron chi connectivity index (χ2n) is 5.86. The molecule has 0 bridgehead atoms. The lowest BCUT2D eigenvalue weighted by Crippen LogP contribution is -2.62. The maximum Gasteiger partial charge on any atom is 0.255 e. The molecule has 1 amide bonds. The number of hydrogen-bond donors (Lipinski definition) is 1. The number of amides is 1. The van der Waals surface area contributed by atoms with E-state index in [1.54, 1.807) is 6.07 Å². The number of ether oxygens (including phenoxy) is 1. The SMILES string of the molecule is CC(C)OC1CC(NC(=O)c2ccoc2Br)C1(C)C. The molecular formula is C14H20BrNO3. The van der Waals surface area contributed by atoms with Crippen LogP contribution < -0.4 is 5.32 Å². The average Bonchev–Trinajstić information content (AvgIpc) is 2.73. The first kappa shape index (κ1) is 14.6. The van der Waals surface area contributed by atoms with E-state index < -0.39 is 0 Å². The van der Waals surface area contributed by atoms with Crippen molar-refractivity contribution in [2.75, 3.05) is 0 Å². The van der Waals surface area contributed by atoms with Gasteiger partial charge in [0.05, 0.1) is 24.0 Å². The van der Waals surface area contributed by atoms with Crippen LogP contribution >= 0.6 is 15.9 Å². The second-order valence-corrected chi connectivity index (χ2v) is 6.58. The number of hydrogen-bond acceptors (Lipinski definition) is 3. The molecule has 0 spiro atoms. The zero-order valence-corrected chi connectivity index (χ0v) is 13.3. The maximum atomic E-state index is 12.1. The summed E-state index contributed by atoms with van der Waals surface area (Å²) in [5, 5.41) is 3.04. The Labute approximate surface area is 122 Å². The normalized spacial score (nSPS) is 25.2. The zero-order chi connectivity index (χ0) is 14.2. The van der Waals surface area contributed by atoms with E-state index in [9.17, 15) is 4.79 Å². The molecule has 0 aromatic carbocycles. The van der Waals surface area contributed by atoms with Crippen LogP contribution in [0.2, 0.25) is 0 Å². The third-order valence-corrected chi connectivity index (χ3v) is 4.40. The van der Waals surface area contributed by atoms with Gasteiger partial charge in [-0.25, -0.2) is 0 Å². The van der Waals surface area contributed by atoms with E-state index in [4.69, 9.17) is 9.15 Å². The summed E-state index contributed by atoms with van der Waals surface area (Å²) in [7, 11) is 0. The molecule has 0 aliphatic heterocycles. The maximum absolute atomic E-state index is 12.1. The largest absolute Gasteiger partial charge is 0.457 e. The second kappa shape index (κ2) is 5.29. The predicted molar refractivity (Wildman–Crippen MR) is 76.1 cm³/mol. The minimum atomic E-state index is -0.110. The number of carbonyl (C=O) groups excluding carboxylic acids is 1. The van der Waals surface area contributed by atoms with Gasteiger partial charge in [-0.05, 0) is 42.3 Å². The molecule has 1 N–H and O–H groups in total. The fourth-order valence-electron chi connectivity index (χ4n) is 2.38. The lowest BCUT2D eigenvalue weighted by atomic mass is 9.64. The van der Waals surface area contributed by atoms with Crippen LogP contribution in [0.15, 0.2) is 21.4 Å². The summed E-state index contributed by atoms with van der Waals surface area (Å²) in [6.07, 6.45) is 2.76. The highest BCUT2D eigenvalue weighted by Crippen LogP contribution is 2.43. The van der Waals surface area contributed by atoms with Crippen LogP contribution in [0.4, 0.5) is 0 Å². The molecule has 2 unspecified atom stereocenters. The first-order valence-electron chi connectivity index (χ1n) is 6.51. The smallest absolute Gasteiger partial charge is 0.255 e. The molecular weight excluding hydrogens is 310 g/mol. The highest BCUT2D eigenvalue weighted by Gasteiger charge is 2.50. The fourth-order valence-corrected chi connectivity index (χ4v) is 2.80. The number of halogens is 1. The summed E-state index contributed by atoms with van der Waals surface area (Å²) in [6, 6.07) is 1.79. The Hall–Kier alpha value is -0.810. The van der Waals surface area contributed by atoms with E-state index in [0.29, 0.717) is 10.2 Å². The zero-order valence-electron chi connectivity index (χ0n) is 11.7. The molecule has 1 heterocycles. The van der Waals surface area contributed by atoms with Crippen LogP contribution in [-0.2, 0) is 4.74 Å². The number of nitrogens with one attached hydrogen (secondary N) is 1. The van der Waals surface area contributed by atoms with Crippen molar-refractivity contribution in [1.82, 2.24) is 5.32 Å². The molecule has 5 heteroatoms. The Balaban J connectivity index is 1.95. The van der Waals surface area contributed by atoms with Crippen LogP contribution in [0.1, 0.15) is 44.5 Å². The number of rotatable bonds is 4. The Morgan fingerprint density at radius 3 is 2.74 bits per heavy atom. The molecule has 2 atom stereocenters. The Bertz CT molecular complexity index is 467. The summed E-state index contributed by atoms with van der Waals surface area (Å²) < 4.78 is 11.4. The highest BCUT2D eigenvalue weighted by molar-refractivity contribution is 9.10. The van der Waals surface area contributed by atoms with E-state index in [2.05, 4.69) is 35.1 Å². The summed E-state index contributed by atoms with van der Waals surface area (Å²) in [5.74, 6) is -0.110. The summed E-state index contributed by atoms with van der Waals surface area (Å²) in [6.45, 7) is 8.31. The molecule has 1 fully saturated rings. The van der Waals surface area contributed by atoms with Gasteiger partial charge in [0.1, 0.15) is 0 Å². The first-order valence-corrected chi connectivity index (χ1v) is 7.31. The monoisotopic (exact) mass is 329 g/mol. The van der Waals surface area contributed by atoms with Gasteiger partial charge >= 0.3 is 0 Å². The van der Waals surface area contributed by atoms with Crippen LogP contribution in [-0.4, -0.2) is 24.2 Å². The van der Waals surface area contributed by atoms with Crippen molar-refractivity contribution in [3.8, 4) is 0 Å². The van der Waals surface area contributed by atoms with Gasteiger partial charge in [-0.15, -0.1) is 0 Å². The molecule has 1 aliphatic rings. The van der Waals surface area contributed by atoms with Crippen LogP contribution in [0.3, 0.4) is 0 Å². The minimum Gasteiger partial charge on any atom is -0.457 e. The van der Waals surface area contributed by atoms with E-state index >= 15 is 0 Å². The van der Waals surface area contributed by atoms with E-state index in [1.807, 2.05) is 13.8 Å². The third kappa shape index (κ3) is 2.87. The van der Waals surface area contributed by atoms with Gasteiger partial charge in [-0.3, -0.25) is 4.79 Å². The van der Waals surface area contributed by atoms with Gasteiger partial charge in [0, 0.05) is 11.5 Å². The van der Waals surface area contributed by atoms with Gasteiger partial charge in [-0.2, -0.15) is 0 Å². The summed E-state index contributed by atoms with van der Waals surface area (Å²) in [4.78, 5) is 12.1. The molecule has 0 saturated heterocycles. The molecule has 1 aromatic rings. The lowest BCUT2D eigenvalue weighted by molar-refractivity contribution is -0.136. The molecule has 1 aliphatic carbocycles. The number of carbonyl (C=O) groups is 1. The molecule has 1 aromatic heterocycles. The van der Waals surface area contributed by atoms with E-state index in [1.165, 1.54) is 6.26 Å². The van der Waals surface area contributed by atoms with Gasteiger partial charge in [-0.1, -0.05) is 13.8 Å². The predicted octanol–water partition coefficient (Wildman–Crippen LogP) is 3.36. The fraction of sp³-hybridized carbons (Fsp3) is 0.643. The topological polar surface area (TPSA) is 51.5 Å². The standard InChI is InChI=1S/C14H20BrNO3/c1-8(2)19-11-7-10(14(11,3)4)16-13(17)9-5-6-18-12(9)15/h5-6,8,10-11H,7H2,1-4H3,(H,16,17). The van der Waals surface area contributed by atoms with Crippen molar-refractivity contribution < 1.29 is 13.9 Å². The van der Waals surface area contributed by atoms with Gasteiger partial charge in [0.25, 0.3) is 5.91 Å². The van der Waals surface area contributed by atoms with Crippen molar-refractivity contribution in [3.05, 3.63) is 22.6 Å². The molecule has 19 heavy (non-hydrogen) atoms. The molecule has 4 nitrogen and oxygen atoms in total. The minimum absolute atomic E-state index is 0.0455. The van der Waals surface area contributed by atoms with Crippen molar-refractivity contribution >= 4 is 21.8 Å². The van der Waals surface area contributed by atoms with Crippen molar-refractivity contribution in [1.29, 1.82) is 0 Å². The van der Waals surface area contributed by atoms with Gasteiger partial charge in [0.2, 0.25) is 0 Å². The van der Waals surface area contributed by atoms with Gasteiger partial charge in [0.15, 0.2) is 4.67 Å². The first-order chi connectivity index (χ1) is 8.82. The number of furan rings is 1. The average molecular weight is 330 g/mol. The molecule has 2 rings (SSSR count). The van der Waals surface area contributed by atoms with E-state index in [-0.39, 0.29) is 29.6 Å². The lowest BCUT2D eigenvalue weighted by Gasteiger charge is -2.52. The van der Waals surface area contributed by atoms with Crippen molar-refractivity contribution in [2.45, 2.75) is 52.4 Å². The van der Waals surface area contributed by atoms with Crippen molar-refractivity contribution in [3.63, 3.8) is 0 Å².